The van der Waals surface area contributed by atoms with Gasteiger partial charge in [0, 0.05) is 11.4 Å². The average molecular weight is 330 g/mol. The summed E-state index contributed by atoms with van der Waals surface area (Å²) in [6, 6.07) is 13.4. The Morgan fingerprint density at radius 2 is 1.91 bits per heavy atom. The minimum absolute atomic E-state index is 0.199. The Kier molecular flexibility index (Phi) is 5.43. The topological polar surface area (TPSA) is 52.6 Å². The second-order valence-electron chi connectivity index (χ2n) is 5.83. The van der Waals surface area contributed by atoms with Gasteiger partial charge in [0.2, 0.25) is 0 Å². The Hall–Kier alpha value is -1.69. The van der Waals surface area contributed by atoms with Gasteiger partial charge in [-0.2, -0.15) is 0 Å². The molecule has 0 saturated carbocycles. The van der Waals surface area contributed by atoms with E-state index in [2.05, 4.69) is 21.7 Å². The van der Waals surface area contributed by atoms with Crippen molar-refractivity contribution < 1.29 is 9.90 Å². The maximum absolute atomic E-state index is 12.3. The molecule has 2 atom stereocenters. The van der Waals surface area contributed by atoms with Gasteiger partial charge in [-0.05, 0) is 42.9 Å². The van der Waals surface area contributed by atoms with E-state index in [1.807, 2.05) is 24.3 Å². The first-order chi connectivity index (χ1) is 11.3. The van der Waals surface area contributed by atoms with Crippen molar-refractivity contribution in [3.8, 4) is 0 Å². The van der Waals surface area contributed by atoms with Crippen LogP contribution in [-0.2, 0) is 4.79 Å². The number of nitrogens with one attached hydrogen (secondary N) is 1. The normalized spacial score (nSPS) is 17.8. The molecular formula is C18H22N2O2S. The molecule has 1 saturated heterocycles. The van der Waals surface area contributed by atoms with Crippen molar-refractivity contribution in [1.29, 1.82) is 0 Å². The minimum Gasteiger partial charge on any atom is -0.378 e. The van der Waals surface area contributed by atoms with Gasteiger partial charge in [0.25, 0.3) is 5.91 Å². The third kappa shape index (κ3) is 3.99. The standard InChI is InChI=1S/C18H22N2O2S/c21-17(14-7-2-1-3-8-14)18(22)19-13-15(16-9-6-12-23-16)20-10-4-5-11-20/h1-3,6-9,12,15,17,21H,4-5,10-11,13H2,(H,19,22). The van der Waals surface area contributed by atoms with Crippen LogP contribution < -0.4 is 5.32 Å². The maximum Gasteiger partial charge on any atom is 0.253 e. The third-order valence-corrected chi connectivity index (χ3v) is 5.26. The molecule has 2 N–H and O–H groups in total. The van der Waals surface area contributed by atoms with Crippen LogP contribution in [0.4, 0.5) is 0 Å². The number of hydrogen-bond acceptors (Lipinski definition) is 4. The van der Waals surface area contributed by atoms with Crippen LogP contribution >= 0.6 is 11.3 Å². The lowest BCUT2D eigenvalue weighted by Gasteiger charge is -2.27. The summed E-state index contributed by atoms with van der Waals surface area (Å²) in [6.45, 7) is 2.67. The van der Waals surface area contributed by atoms with Crippen molar-refractivity contribution in [1.82, 2.24) is 10.2 Å². The van der Waals surface area contributed by atoms with E-state index < -0.39 is 6.10 Å². The van der Waals surface area contributed by atoms with E-state index in [1.165, 1.54) is 17.7 Å². The summed E-state index contributed by atoms with van der Waals surface area (Å²) >= 11 is 1.72. The molecule has 2 unspecified atom stereocenters. The number of aliphatic hydroxyl groups is 1. The molecule has 0 aliphatic carbocycles. The maximum atomic E-state index is 12.3. The quantitative estimate of drug-likeness (QED) is 0.856. The van der Waals surface area contributed by atoms with Crippen LogP contribution in [0.25, 0.3) is 0 Å². The molecule has 1 aromatic heterocycles. The van der Waals surface area contributed by atoms with E-state index in [4.69, 9.17) is 0 Å². The van der Waals surface area contributed by atoms with E-state index in [-0.39, 0.29) is 11.9 Å². The molecule has 1 aliphatic heterocycles. The number of likely N-dealkylation sites (tertiary alicyclic amines) is 1. The summed E-state index contributed by atoms with van der Waals surface area (Å²) in [5.74, 6) is -0.336. The highest BCUT2D eigenvalue weighted by atomic mass is 32.1. The van der Waals surface area contributed by atoms with Gasteiger partial charge in [-0.15, -0.1) is 11.3 Å². The lowest BCUT2D eigenvalue weighted by atomic mass is 10.1. The Labute approximate surface area is 140 Å². The molecule has 5 heteroatoms. The Morgan fingerprint density at radius 1 is 1.17 bits per heavy atom. The van der Waals surface area contributed by atoms with E-state index in [0.717, 1.165) is 13.1 Å². The first-order valence-electron chi connectivity index (χ1n) is 8.04. The Balaban J connectivity index is 1.63. The van der Waals surface area contributed by atoms with Crippen LogP contribution in [0.1, 0.15) is 35.4 Å². The van der Waals surface area contributed by atoms with Gasteiger partial charge in [0.15, 0.2) is 6.10 Å². The second-order valence-corrected chi connectivity index (χ2v) is 6.81. The monoisotopic (exact) mass is 330 g/mol. The van der Waals surface area contributed by atoms with E-state index in [0.29, 0.717) is 12.1 Å². The Morgan fingerprint density at radius 3 is 2.57 bits per heavy atom. The molecule has 122 valence electrons. The molecule has 0 radical (unpaired) electrons. The molecule has 2 heterocycles. The molecule has 2 aromatic rings. The van der Waals surface area contributed by atoms with Crippen LogP contribution in [0.5, 0.6) is 0 Å². The van der Waals surface area contributed by atoms with Crippen molar-refractivity contribution in [2.75, 3.05) is 19.6 Å². The van der Waals surface area contributed by atoms with Gasteiger partial charge in [-0.25, -0.2) is 0 Å². The second kappa shape index (κ2) is 7.73. The lowest BCUT2D eigenvalue weighted by Crippen LogP contribution is -2.38. The van der Waals surface area contributed by atoms with Crippen molar-refractivity contribution in [3.05, 3.63) is 58.3 Å². The fourth-order valence-electron chi connectivity index (χ4n) is 3.02. The molecule has 23 heavy (non-hydrogen) atoms. The SMILES string of the molecule is O=C(NCC(c1cccs1)N1CCCC1)C(O)c1ccccc1. The largest absolute Gasteiger partial charge is 0.378 e. The van der Waals surface area contributed by atoms with Crippen LogP contribution in [0.15, 0.2) is 47.8 Å². The highest BCUT2D eigenvalue weighted by molar-refractivity contribution is 7.10. The molecule has 0 bridgehead atoms. The van der Waals surface area contributed by atoms with Crippen LogP contribution in [0, 0.1) is 0 Å². The van der Waals surface area contributed by atoms with Crippen LogP contribution in [0.3, 0.4) is 0 Å². The van der Waals surface area contributed by atoms with Gasteiger partial charge >= 0.3 is 0 Å². The fraction of sp³-hybridized carbons (Fsp3) is 0.389. The summed E-state index contributed by atoms with van der Waals surface area (Å²) < 4.78 is 0. The molecule has 1 aromatic carbocycles. The van der Waals surface area contributed by atoms with Crippen molar-refractivity contribution in [2.24, 2.45) is 0 Å². The number of amides is 1. The van der Waals surface area contributed by atoms with Crippen LogP contribution in [-0.4, -0.2) is 35.5 Å². The summed E-state index contributed by atoms with van der Waals surface area (Å²) in [6.07, 6.45) is 1.31. The summed E-state index contributed by atoms with van der Waals surface area (Å²) in [7, 11) is 0. The first-order valence-corrected chi connectivity index (χ1v) is 8.92. The lowest BCUT2D eigenvalue weighted by molar-refractivity contribution is -0.129. The first kappa shape index (κ1) is 16.2. The number of benzene rings is 1. The molecule has 3 rings (SSSR count). The molecule has 1 aliphatic rings. The number of hydrogen-bond donors (Lipinski definition) is 2. The van der Waals surface area contributed by atoms with E-state index in [1.54, 1.807) is 23.5 Å². The zero-order valence-electron chi connectivity index (χ0n) is 13.0. The number of carbonyl (C=O) groups excluding carboxylic acids is 1. The Bertz CT molecular complexity index is 609. The van der Waals surface area contributed by atoms with Crippen molar-refractivity contribution in [2.45, 2.75) is 25.0 Å². The summed E-state index contributed by atoms with van der Waals surface area (Å²) in [5, 5.41) is 15.2. The number of rotatable bonds is 6. The minimum atomic E-state index is -1.11. The summed E-state index contributed by atoms with van der Waals surface area (Å²) in [4.78, 5) is 15.9. The predicted octanol–water partition coefficient (Wildman–Crippen LogP) is 2.73. The number of thiophene rings is 1. The number of aliphatic hydroxyl groups excluding tert-OH is 1. The highest BCUT2D eigenvalue weighted by Crippen LogP contribution is 2.28. The molecular weight excluding hydrogens is 308 g/mol. The molecule has 0 spiro atoms. The van der Waals surface area contributed by atoms with Gasteiger partial charge < -0.3 is 10.4 Å². The number of nitrogens with zero attached hydrogens (tertiary/aromatic N) is 1. The molecule has 1 amide bonds. The highest BCUT2D eigenvalue weighted by Gasteiger charge is 2.26. The van der Waals surface area contributed by atoms with Gasteiger partial charge in [0.05, 0.1) is 6.04 Å². The van der Waals surface area contributed by atoms with Crippen molar-refractivity contribution in [3.63, 3.8) is 0 Å². The number of carbonyl (C=O) groups is 1. The van der Waals surface area contributed by atoms with Gasteiger partial charge in [-0.3, -0.25) is 9.69 Å². The molecule has 4 nitrogen and oxygen atoms in total. The zero-order chi connectivity index (χ0) is 16.1. The predicted molar refractivity (Wildman–Crippen MR) is 92.3 cm³/mol. The summed E-state index contributed by atoms with van der Waals surface area (Å²) in [5.41, 5.74) is 0.624. The third-order valence-electron chi connectivity index (χ3n) is 4.29. The fourth-order valence-corrected chi connectivity index (χ4v) is 3.89. The zero-order valence-corrected chi connectivity index (χ0v) is 13.8. The van der Waals surface area contributed by atoms with E-state index >= 15 is 0 Å². The smallest absolute Gasteiger partial charge is 0.253 e. The van der Waals surface area contributed by atoms with Crippen molar-refractivity contribution >= 4 is 17.2 Å². The van der Waals surface area contributed by atoms with E-state index in [9.17, 15) is 9.90 Å². The molecule has 1 fully saturated rings. The average Bonchev–Trinajstić information content (AvgIpc) is 3.29. The van der Waals surface area contributed by atoms with Gasteiger partial charge in [-0.1, -0.05) is 36.4 Å². The van der Waals surface area contributed by atoms with Crippen LogP contribution in [0.2, 0.25) is 0 Å². The van der Waals surface area contributed by atoms with Gasteiger partial charge in [0.1, 0.15) is 0 Å².